The van der Waals surface area contributed by atoms with E-state index in [2.05, 4.69) is 5.32 Å². The molecule has 0 heterocycles. The lowest BCUT2D eigenvalue weighted by molar-refractivity contribution is -0.136. The van der Waals surface area contributed by atoms with Crippen LogP contribution in [0.3, 0.4) is 0 Å². The number of rotatable bonds is 8. The van der Waals surface area contributed by atoms with Gasteiger partial charge in [-0.3, -0.25) is 0 Å². The number of halogens is 3. The summed E-state index contributed by atoms with van der Waals surface area (Å²) in [5, 5.41) is 2.75. The molecule has 0 aliphatic rings. The minimum absolute atomic E-state index is 0.0311. The van der Waals surface area contributed by atoms with Gasteiger partial charge < -0.3 is 20.5 Å². The summed E-state index contributed by atoms with van der Waals surface area (Å²) < 4.78 is 48.5. The molecule has 114 valence electrons. The second kappa shape index (κ2) is 7.96. The molecule has 1 aromatic rings. The summed E-state index contributed by atoms with van der Waals surface area (Å²) in [5.74, 6) is 0. The predicted octanol–water partition coefficient (Wildman–Crippen LogP) is 2.75. The van der Waals surface area contributed by atoms with Gasteiger partial charge in [0.2, 0.25) is 0 Å². The van der Waals surface area contributed by atoms with Crippen molar-refractivity contribution in [2.45, 2.75) is 12.6 Å². The molecule has 7 heteroatoms. The molecule has 0 spiro atoms. The van der Waals surface area contributed by atoms with Gasteiger partial charge in [0.1, 0.15) is 0 Å². The quantitative estimate of drug-likeness (QED) is 0.571. The third-order valence-electron chi connectivity index (χ3n) is 2.56. The third kappa shape index (κ3) is 5.66. The maximum atomic E-state index is 12.8. The molecule has 0 radical (unpaired) electrons. The Kier molecular flexibility index (Phi) is 6.60. The average molecular weight is 292 g/mol. The first-order valence-electron chi connectivity index (χ1n) is 6.22. The average Bonchev–Trinajstić information content (AvgIpc) is 2.38. The highest BCUT2D eigenvalue weighted by atomic mass is 19.4. The lowest BCUT2D eigenvalue weighted by atomic mass is 10.1. The first-order valence-corrected chi connectivity index (χ1v) is 6.22. The highest BCUT2D eigenvalue weighted by Gasteiger charge is 2.33. The molecule has 0 aromatic heterocycles. The van der Waals surface area contributed by atoms with E-state index in [4.69, 9.17) is 15.2 Å². The van der Waals surface area contributed by atoms with Crippen LogP contribution in [0.5, 0.6) is 0 Å². The summed E-state index contributed by atoms with van der Waals surface area (Å²) in [7, 11) is 1.57. The van der Waals surface area contributed by atoms with Crippen LogP contribution in [0.15, 0.2) is 18.2 Å². The van der Waals surface area contributed by atoms with Crippen molar-refractivity contribution in [2.75, 3.05) is 44.5 Å². The van der Waals surface area contributed by atoms with Crippen LogP contribution in [0.4, 0.5) is 24.5 Å². The van der Waals surface area contributed by atoms with Crippen LogP contribution in [0.1, 0.15) is 12.0 Å². The van der Waals surface area contributed by atoms with Gasteiger partial charge in [-0.2, -0.15) is 13.2 Å². The Balaban J connectivity index is 2.44. The summed E-state index contributed by atoms with van der Waals surface area (Å²) in [4.78, 5) is 0. The van der Waals surface area contributed by atoms with Crippen molar-refractivity contribution >= 4 is 11.4 Å². The smallest absolute Gasteiger partial charge is 0.399 e. The van der Waals surface area contributed by atoms with Crippen molar-refractivity contribution in [3.05, 3.63) is 23.8 Å². The molecular weight excluding hydrogens is 273 g/mol. The number of ether oxygens (including phenoxy) is 2. The van der Waals surface area contributed by atoms with Crippen LogP contribution in [0, 0.1) is 0 Å². The Bertz CT molecular complexity index is 411. The van der Waals surface area contributed by atoms with E-state index in [1.54, 1.807) is 7.11 Å². The summed E-state index contributed by atoms with van der Waals surface area (Å²) >= 11 is 0. The number of methoxy groups -OCH3 is 1. The molecule has 0 saturated carbocycles. The molecule has 0 amide bonds. The van der Waals surface area contributed by atoms with E-state index in [9.17, 15) is 13.2 Å². The van der Waals surface area contributed by atoms with Crippen molar-refractivity contribution in [2.24, 2.45) is 0 Å². The first-order chi connectivity index (χ1) is 9.45. The summed E-state index contributed by atoms with van der Waals surface area (Å²) in [6, 6.07) is 3.70. The van der Waals surface area contributed by atoms with E-state index in [1.165, 1.54) is 12.1 Å². The molecule has 0 atom stereocenters. The maximum Gasteiger partial charge on any atom is 0.418 e. The van der Waals surface area contributed by atoms with Crippen molar-refractivity contribution in [1.29, 1.82) is 0 Å². The molecule has 4 nitrogen and oxygen atoms in total. The van der Waals surface area contributed by atoms with Gasteiger partial charge in [0.15, 0.2) is 0 Å². The Morgan fingerprint density at radius 2 is 1.95 bits per heavy atom. The number of nitrogens with two attached hydrogens (primary N) is 1. The van der Waals surface area contributed by atoms with Gasteiger partial charge in [0, 0.05) is 31.6 Å². The number of alkyl halides is 3. The molecule has 0 aliphatic carbocycles. The molecule has 0 fully saturated rings. The topological polar surface area (TPSA) is 56.5 Å². The van der Waals surface area contributed by atoms with E-state index < -0.39 is 11.7 Å². The minimum Gasteiger partial charge on any atom is -0.399 e. The summed E-state index contributed by atoms with van der Waals surface area (Å²) in [6.45, 7) is 1.84. The zero-order valence-electron chi connectivity index (χ0n) is 11.3. The van der Waals surface area contributed by atoms with Gasteiger partial charge in [-0.15, -0.1) is 0 Å². The monoisotopic (exact) mass is 292 g/mol. The summed E-state index contributed by atoms with van der Waals surface area (Å²) in [5.41, 5.74) is 4.76. The van der Waals surface area contributed by atoms with Crippen LogP contribution < -0.4 is 11.1 Å². The van der Waals surface area contributed by atoms with Gasteiger partial charge in [0.05, 0.1) is 18.8 Å². The molecule has 20 heavy (non-hydrogen) atoms. The number of nitrogens with one attached hydrogen (secondary N) is 1. The molecule has 0 saturated heterocycles. The van der Waals surface area contributed by atoms with Crippen LogP contribution in [-0.4, -0.2) is 33.5 Å². The molecular formula is C13H19F3N2O2. The number of hydrogen-bond acceptors (Lipinski definition) is 4. The fourth-order valence-electron chi connectivity index (χ4n) is 1.59. The Labute approximate surface area is 116 Å². The minimum atomic E-state index is -4.42. The Morgan fingerprint density at radius 3 is 2.60 bits per heavy atom. The molecule has 0 aliphatic heterocycles. The van der Waals surface area contributed by atoms with Crippen LogP contribution in [0.25, 0.3) is 0 Å². The fourth-order valence-corrected chi connectivity index (χ4v) is 1.59. The van der Waals surface area contributed by atoms with E-state index in [0.29, 0.717) is 32.8 Å². The highest BCUT2D eigenvalue weighted by molar-refractivity contribution is 5.59. The van der Waals surface area contributed by atoms with Crippen molar-refractivity contribution in [3.8, 4) is 0 Å². The van der Waals surface area contributed by atoms with Crippen molar-refractivity contribution in [3.63, 3.8) is 0 Å². The van der Waals surface area contributed by atoms with Gasteiger partial charge >= 0.3 is 6.18 Å². The first kappa shape index (κ1) is 16.6. The van der Waals surface area contributed by atoms with Crippen LogP contribution in [0.2, 0.25) is 0 Å². The standard InChI is InChI=1S/C13H19F3N2O2/c1-19-7-8-20-6-2-5-18-12-4-3-10(17)9-11(12)13(14,15)16/h3-4,9,18H,2,5-8,17H2,1H3. The van der Waals surface area contributed by atoms with Gasteiger partial charge in [-0.1, -0.05) is 0 Å². The molecule has 1 aromatic carbocycles. The second-order valence-electron chi connectivity index (χ2n) is 4.19. The normalized spacial score (nSPS) is 11.6. The zero-order chi connectivity index (χ0) is 15.0. The predicted molar refractivity (Wildman–Crippen MR) is 71.7 cm³/mol. The Morgan fingerprint density at radius 1 is 1.20 bits per heavy atom. The number of nitrogen functional groups attached to an aromatic ring is 1. The van der Waals surface area contributed by atoms with Crippen molar-refractivity contribution < 1.29 is 22.6 Å². The van der Waals surface area contributed by atoms with Crippen LogP contribution >= 0.6 is 0 Å². The molecule has 0 unspecified atom stereocenters. The lowest BCUT2D eigenvalue weighted by Crippen LogP contribution is -2.13. The van der Waals surface area contributed by atoms with Crippen LogP contribution in [-0.2, 0) is 15.7 Å². The lowest BCUT2D eigenvalue weighted by Gasteiger charge is -2.15. The van der Waals surface area contributed by atoms with Gasteiger partial charge in [0.25, 0.3) is 0 Å². The SMILES string of the molecule is COCCOCCCNc1ccc(N)cc1C(F)(F)F. The van der Waals surface area contributed by atoms with E-state index in [1.807, 2.05) is 0 Å². The number of anilines is 2. The number of hydrogen-bond donors (Lipinski definition) is 2. The van der Waals surface area contributed by atoms with Crippen molar-refractivity contribution in [1.82, 2.24) is 0 Å². The number of benzene rings is 1. The molecule has 0 bridgehead atoms. The fraction of sp³-hybridized carbons (Fsp3) is 0.538. The highest BCUT2D eigenvalue weighted by Crippen LogP contribution is 2.35. The second-order valence-corrected chi connectivity index (χ2v) is 4.19. The Hall–Kier alpha value is -1.47. The summed E-state index contributed by atoms with van der Waals surface area (Å²) in [6.07, 6.45) is -3.82. The zero-order valence-corrected chi connectivity index (χ0v) is 11.3. The van der Waals surface area contributed by atoms with Gasteiger partial charge in [-0.05, 0) is 24.6 Å². The molecule has 3 N–H and O–H groups in total. The van der Waals surface area contributed by atoms with E-state index in [0.717, 1.165) is 6.07 Å². The van der Waals surface area contributed by atoms with E-state index >= 15 is 0 Å². The van der Waals surface area contributed by atoms with Gasteiger partial charge in [-0.25, -0.2) is 0 Å². The maximum absolute atomic E-state index is 12.8. The molecule has 1 rings (SSSR count). The van der Waals surface area contributed by atoms with E-state index in [-0.39, 0.29) is 11.4 Å². The largest absolute Gasteiger partial charge is 0.418 e. The third-order valence-corrected chi connectivity index (χ3v) is 2.56.